The number of carbonyl (C=O) groups is 1. The second-order valence-electron chi connectivity index (χ2n) is 2.43. The summed E-state index contributed by atoms with van der Waals surface area (Å²) in [7, 11) is 1.61. The first-order valence-corrected chi connectivity index (χ1v) is 4.07. The minimum atomic E-state index is -0.156. The fourth-order valence-electron chi connectivity index (χ4n) is 0.570. The topological polar surface area (TPSA) is 44.8 Å². The third kappa shape index (κ3) is 7.49. The van der Waals surface area contributed by atoms with E-state index in [1.54, 1.807) is 7.11 Å². The normalized spacial score (nSPS) is 9.69. The second kappa shape index (κ2) is 7.76. The van der Waals surface area contributed by atoms with E-state index in [0.29, 0.717) is 26.4 Å². The summed E-state index contributed by atoms with van der Waals surface area (Å²) in [6.07, 6.45) is 0. The molecule has 0 saturated heterocycles. The summed E-state index contributed by atoms with van der Waals surface area (Å²) in [5, 5.41) is 0. The van der Waals surface area contributed by atoms with Gasteiger partial charge in [0.25, 0.3) is 0 Å². The minimum absolute atomic E-state index is 0.156. The molecule has 0 aliphatic rings. The lowest BCUT2D eigenvalue weighted by Gasteiger charge is -2.06. The van der Waals surface area contributed by atoms with Gasteiger partial charge in [-0.15, -0.1) is 0 Å². The summed E-state index contributed by atoms with van der Waals surface area (Å²) >= 11 is 0. The Balaban J connectivity index is 3.16. The van der Waals surface area contributed by atoms with E-state index in [1.165, 1.54) is 6.92 Å². The lowest BCUT2D eigenvalue weighted by atomic mass is 10.4. The number of rotatable bonds is 8. The molecule has 0 atom stereocenters. The quantitative estimate of drug-likeness (QED) is 0.320. The molecule has 0 aliphatic heterocycles. The van der Waals surface area contributed by atoms with Crippen LogP contribution in [0.2, 0.25) is 0 Å². The predicted octanol–water partition coefficient (Wildman–Crippen LogP) is 0.769. The van der Waals surface area contributed by atoms with Gasteiger partial charge >= 0.3 is 0 Å². The molecule has 0 fully saturated rings. The Hall–Kier alpha value is -0.870. The Morgan fingerprint density at radius 2 is 1.85 bits per heavy atom. The van der Waals surface area contributed by atoms with Crippen LogP contribution in [0.1, 0.15) is 6.92 Å². The molecular weight excluding hydrogens is 172 g/mol. The first kappa shape index (κ1) is 12.1. The van der Waals surface area contributed by atoms with E-state index in [9.17, 15) is 4.79 Å². The average molecular weight is 188 g/mol. The highest BCUT2D eigenvalue weighted by molar-refractivity contribution is 5.90. The predicted molar refractivity (Wildman–Crippen MR) is 48.5 cm³/mol. The lowest BCUT2D eigenvalue weighted by Crippen LogP contribution is -2.09. The number of methoxy groups -OCH3 is 1. The fourth-order valence-corrected chi connectivity index (χ4v) is 0.570. The third-order valence-electron chi connectivity index (χ3n) is 1.33. The van der Waals surface area contributed by atoms with Gasteiger partial charge in [0.2, 0.25) is 0 Å². The maximum atomic E-state index is 10.6. The maximum absolute atomic E-state index is 10.6. The van der Waals surface area contributed by atoms with Gasteiger partial charge in [0.1, 0.15) is 6.61 Å². The van der Waals surface area contributed by atoms with Crippen molar-refractivity contribution in [2.24, 2.45) is 0 Å². The maximum Gasteiger partial charge on any atom is 0.193 e. The van der Waals surface area contributed by atoms with Crippen LogP contribution in [-0.2, 0) is 19.0 Å². The first-order valence-electron chi connectivity index (χ1n) is 4.07. The molecule has 0 radical (unpaired) electrons. The van der Waals surface area contributed by atoms with Crippen molar-refractivity contribution < 1.29 is 19.0 Å². The molecule has 0 spiro atoms. The molecule has 4 heteroatoms. The number of hydrogen-bond acceptors (Lipinski definition) is 4. The molecule has 0 bridgehead atoms. The Bertz CT molecular complexity index is 165. The van der Waals surface area contributed by atoms with Gasteiger partial charge < -0.3 is 14.2 Å². The van der Waals surface area contributed by atoms with E-state index in [4.69, 9.17) is 14.2 Å². The molecule has 0 N–H and O–H groups in total. The third-order valence-corrected chi connectivity index (χ3v) is 1.33. The Kier molecular flexibility index (Phi) is 7.24. The van der Waals surface area contributed by atoms with Gasteiger partial charge in [0.05, 0.1) is 19.8 Å². The number of ketones is 1. The summed E-state index contributed by atoms with van der Waals surface area (Å²) in [6, 6.07) is 0. The van der Waals surface area contributed by atoms with Crippen LogP contribution in [0.3, 0.4) is 0 Å². The van der Waals surface area contributed by atoms with Crippen molar-refractivity contribution in [3.8, 4) is 0 Å². The van der Waals surface area contributed by atoms with Crippen molar-refractivity contribution in [3.05, 3.63) is 12.3 Å². The van der Waals surface area contributed by atoms with Crippen LogP contribution in [0, 0.1) is 0 Å². The fraction of sp³-hybridized carbons (Fsp3) is 0.667. The van der Waals surface area contributed by atoms with E-state index < -0.39 is 0 Å². The van der Waals surface area contributed by atoms with Crippen molar-refractivity contribution in [3.63, 3.8) is 0 Å². The monoisotopic (exact) mass is 188 g/mol. The molecule has 0 amide bonds. The zero-order valence-corrected chi connectivity index (χ0v) is 8.17. The number of allylic oxidation sites excluding steroid dienone is 1. The summed E-state index contributed by atoms with van der Waals surface area (Å²) < 4.78 is 14.8. The van der Waals surface area contributed by atoms with Gasteiger partial charge in [0.15, 0.2) is 11.5 Å². The van der Waals surface area contributed by atoms with Crippen molar-refractivity contribution in [1.82, 2.24) is 0 Å². The highest BCUT2D eigenvalue weighted by atomic mass is 16.5. The Morgan fingerprint density at radius 1 is 1.23 bits per heavy atom. The molecular formula is C9H16O4. The lowest BCUT2D eigenvalue weighted by molar-refractivity contribution is -0.117. The van der Waals surface area contributed by atoms with E-state index in [0.717, 1.165) is 0 Å². The van der Waals surface area contributed by atoms with Crippen molar-refractivity contribution in [2.75, 3.05) is 33.5 Å². The van der Waals surface area contributed by atoms with E-state index in [1.807, 2.05) is 0 Å². The molecule has 4 nitrogen and oxygen atoms in total. The molecule has 0 aromatic rings. The largest absolute Gasteiger partial charge is 0.488 e. The molecule has 0 rings (SSSR count). The highest BCUT2D eigenvalue weighted by Crippen LogP contribution is 1.93. The first-order chi connectivity index (χ1) is 6.18. The molecule has 0 saturated carbocycles. The van der Waals surface area contributed by atoms with Crippen LogP contribution in [0.5, 0.6) is 0 Å². The Labute approximate surface area is 78.5 Å². The molecule has 0 aromatic carbocycles. The molecule has 0 aromatic heterocycles. The number of Topliss-reactive ketones (excluding diaryl/α,β-unsaturated/α-hetero) is 1. The highest BCUT2D eigenvalue weighted by Gasteiger charge is 1.99. The van der Waals surface area contributed by atoms with E-state index in [-0.39, 0.29) is 11.5 Å². The number of carbonyl (C=O) groups excluding carboxylic acids is 1. The molecule has 0 aliphatic carbocycles. The zero-order chi connectivity index (χ0) is 10.1. The summed E-state index contributed by atoms with van der Waals surface area (Å²) in [5.41, 5.74) is 0. The number of hydrogen-bond donors (Lipinski definition) is 0. The van der Waals surface area contributed by atoms with E-state index >= 15 is 0 Å². The zero-order valence-electron chi connectivity index (χ0n) is 8.17. The summed E-state index contributed by atoms with van der Waals surface area (Å²) in [4.78, 5) is 10.6. The van der Waals surface area contributed by atoms with Gasteiger partial charge in [-0.25, -0.2) is 0 Å². The molecule has 0 heterocycles. The van der Waals surface area contributed by atoms with Crippen LogP contribution in [0.15, 0.2) is 12.3 Å². The number of ether oxygens (including phenoxy) is 3. The Morgan fingerprint density at radius 3 is 2.38 bits per heavy atom. The van der Waals surface area contributed by atoms with Crippen molar-refractivity contribution >= 4 is 5.78 Å². The van der Waals surface area contributed by atoms with Gasteiger partial charge in [0, 0.05) is 14.0 Å². The van der Waals surface area contributed by atoms with Gasteiger partial charge in [-0.2, -0.15) is 0 Å². The SMILES string of the molecule is C=C(OCCOCCOC)C(C)=O. The molecule has 13 heavy (non-hydrogen) atoms. The van der Waals surface area contributed by atoms with Crippen LogP contribution in [0.25, 0.3) is 0 Å². The van der Waals surface area contributed by atoms with Gasteiger partial charge in [-0.3, -0.25) is 4.79 Å². The minimum Gasteiger partial charge on any atom is -0.488 e. The summed E-state index contributed by atoms with van der Waals surface area (Å²) in [5.74, 6) is 0.0206. The standard InChI is InChI=1S/C9H16O4/c1-8(10)9(2)13-7-6-12-5-4-11-3/h2,4-7H2,1,3H3. The van der Waals surface area contributed by atoms with E-state index in [2.05, 4.69) is 6.58 Å². The smallest absolute Gasteiger partial charge is 0.193 e. The van der Waals surface area contributed by atoms with Crippen LogP contribution in [-0.4, -0.2) is 39.3 Å². The average Bonchev–Trinajstić information content (AvgIpc) is 2.10. The van der Waals surface area contributed by atoms with Crippen molar-refractivity contribution in [2.45, 2.75) is 6.92 Å². The van der Waals surface area contributed by atoms with Gasteiger partial charge in [-0.1, -0.05) is 6.58 Å². The second-order valence-corrected chi connectivity index (χ2v) is 2.43. The van der Waals surface area contributed by atoms with Crippen LogP contribution >= 0.6 is 0 Å². The molecule has 0 unspecified atom stereocenters. The molecule has 76 valence electrons. The van der Waals surface area contributed by atoms with Gasteiger partial charge in [-0.05, 0) is 0 Å². The van der Waals surface area contributed by atoms with Crippen LogP contribution < -0.4 is 0 Å². The van der Waals surface area contributed by atoms with Crippen molar-refractivity contribution in [1.29, 1.82) is 0 Å². The summed E-state index contributed by atoms with van der Waals surface area (Å²) in [6.45, 7) is 6.73. The van der Waals surface area contributed by atoms with Crippen LogP contribution in [0.4, 0.5) is 0 Å².